The number of halogens is 1. The molecule has 6 rings (SSSR count). The van der Waals surface area contributed by atoms with Gasteiger partial charge in [-0.2, -0.15) is 0 Å². The van der Waals surface area contributed by atoms with Gasteiger partial charge >= 0.3 is 0 Å². The molecule has 1 N–H and O–H groups in total. The molecule has 0 radical (unpaired) electrons. The summed E-state index contributed by atoms with van der Waals surface area (Å²) >= 11 is 6.44. The molecular formula is C30H28ClN5O4. The molecule has 9 nitrogen and oxygen atoms in total. The average molecular weight is 558 g/mol. The molecule has 2 aliphatic rings. The molecule has 1 spiro atoms. The van der Waals surface area contributed by atoms with Crippen LogP contribution in [0.5, 0.6) is 11.6 Å². The summed E-state index contributed by atoms with van der Waals surface area (Å²) in [5.74, 6) is 0.561. The van der Waals surface area contributed by atoms with Gasteiger partial charge in [-0.15, -0.1) is 0 Å². The first kappa shape index (κ1) is 25.9. The van der Waals surface area contributed by atoms with Crippen molar-refractivity contribution in [3.8, 4) is 23.0 Å². The molecule has 2 aromatic carbocycles. The van der Waals surface area contributed by atoms with E-state index in [1.54, 1.807) is 36.4 Å². The van der Waals surface area contributed by atoms with Crippen molar-refractivity contribution in [2.24, 2.45) is 0 Å². The lowest BCUT2D eigenvalue weighted by atomic mass is 9.86. The van der Waals surface area contributed by atoms with Crippen LogP contribution in [0.4, 0.5) is 11.4 Å². The second-order valence-corrected chi connectivity index (χ2v) is 10.7. The summed E-state index contributed by atoms with van der Waals surface area (Å²) in [7, 11) is 3.07. The number of carbonyl (C=O) groups excluding carboxylic acids is 2. The highest BCUT2D eigenvalue weighted by molar-refractivity contribution is 6.31. The van der Waals surface area contributed by atoms with E-state index in [2.05, 4.69) is 10.3 Å². The largest absolute Gasteiger partial charge is 0.494 e. The van der Waals surface area contributed by atoms with E-state index < -0.39 is 11.4 Å². The van der Waals surface area contributed by atoms with Gasteiger partial charge in [0.2, 0.25) is 5.88 Å². The first-order valence-electron chi connectivity index (χ1n) is 12.9. The number of nitrogens with one attached hydrogen (secondary N) is 1. The van der Waals surface area contributed by atoms with Crippen molar-refractivity contribution in [2.45, 2.75) is 39.3 Å². The molecule has 0 saturated heterocycles. The number of pyridine rings is 1. The van der Waals surface area contributed by atoms with Crippen molar-refractivity contribution >= 4 is 34.8 Å². The normalized spacial score (nSPS) is 17.4. The third-order valence-corrected chi connectivity index (χ3v) is 7.81. The molecular weight excluding hydrogens is 530 g/mol. The van der Waals surface area contributed by atoms with Crippen molar-refractivity contribution in [3.63, 3.8) is 0 Å². The molecule has 40 heavy (non-hydrogen) atoms. The Morgan fingerprint density at radius 3 is 2.50 bits per heavy atom. The van der Waals surface area contributed by atoms with Crippen LogP contribution in [0, 0.1) is 13.8 Å². The van der Waals surface area contributed by atoms with Gasteiger partial charge in [0.1, 0.15) is 11.6 Å². The zero-order chi connectivity index (χ0) is 28.5. The van der Waals surface area contributed by atoms with E-state index in [9.17, 15) is 9.59 Å². The Morgan fingerprint density at radius 1 is 1.02 bits per heavy atom. The van der Waals surface area contributed by atoms with Crippen molar-refractivity contribution < 1.29 is 19.1 Å². The number of fused-ring (bicyclic) bond motifs is 4. The third-order valence-electron chi connectivity index (χ3n) is 7.58. The number of methoxy groups -OCH3 is 2. The molecule has 0 aliphatic carbocycles. The van der Waals surface area contributed by atoms with Crippen LogP contribution in [0.15, 0.2) is 48.7 Å². The lowest BCUT2D eigenvalue weighted by Crippen LogP contribution is -2.51. The molecule has 204 valence electrons. The molecule has 2 amide bonds. The molecule has 0 bridgehead atoms. The number of anilines is 2. The Bertz CT molecular complexity index is 1730. The van der Waals surface area contributed by atoms with Gasteiger partial charge in [0.05, 0.1) is 37.4 Å². The van der Waals surface area contributed by atoms with Gasteiger partial charge in [-0.05, 0) is 57.0 Å². The summed E-state index contributed by atoms with van der Waals surface area (Å²) in [6.45, 7) is 7.83. The maximum atomic E-state index is 14.5. The van der Waals surface area contributed by atoms with Crippen LogP contribution in [0.1, 0.15) is 52.8 Å². The number of ether oxygens (including phenoxy) is 2. The topological polar surface area (TPSA) is 98.6 Å². The lowest BCUT2D eigenvalue weighted by Gasteiger charge is -2.36. The SMILES string of the molecule is COc1cc(-c2nc3c(n2C(C)C)C2(C(=O)Nc4cc(C)ccc42)N(c2cc(Cl)ccc2C)C3=O)c(OC)cn1. The molecule has 4 heterocycles. The summed E-state index contributed by atoms with van der Waals surface area (Å²) in [4.78, 5) is 39.6. The lowest BCUT2D eigenvalue weighted by molar-refractivity contribution is -0.119. The van der Waals surface area contributed by atoms with Crippen LogP contribution in [-0.4, -0.2) is 40.6 Å². The first-order valence-corrected chi connectivity index (χ1v) is 13.3. The standard InChI is InChI=1S/C30H28ClN5O4/c1-15(2)35-26-25(34-27(35)19-13-24(40-6)32-14-23(19)39-5)28(37)36(22-12-18(31)9-8-17(22)4)30(26)20-10-7-16(3)11-21(20)33-29(30)38/h7-15H,1-6H3,(H,33,38). The zero-order valence-electron chi connectivity index (χ0n) is 23.0. The van der Waals surface area contributed by atoms with Crippen molar-refractivity contribution in [1.29, 1.82) is 0 Å². The summed E-state index contributed by atoms with van der Waals surface area (Å²) in [5, 5.41) is 3.52. The number of hydrogen-bond donors (Lipinski definition) is 1. The van der Waals surface area contributed by atoms with Gasteiger partial charge in [-0.3, -0.25) is 14.5 Å². The van der Waals surface area contributed by atoms with E-state index in [4.69, 9.17) is 26.1 Å². The second-order valence-electron chi connectivity index (χ2n) is 10.3. The minimum absolute atomic E-state index is 0.185. The van der Waals surface area contributed by atoms with Gasteiger partial charge in [0.25, 0.3) is 11.8 Å². The van der Waals surface area contributed by atoms with Gasteiger partial charge < -0.3 is 19.4 Å². The fourth-order valence-electron chi connectivity index (χ4n) is 5.84. The van der Waals surface area contributed by atoms with Crippen LogP contribution in [-0.2, 0) is 10.3 Å². The van der Waals surface area contributed by atoms with Crippen molar-refractivity contribution in [1.82, 2.24) is 14.5 Å². The first-order chi connectivity index (χ1) is 19.1. The highest BCUT2D eigenvalue weighted by atomic mass is 35.5. The Labute approximate surface area is 236 Å². The second kappa shape index (κ2) is 9.09. The van der Waals surface area contributed by atoms with Crippen LogP contribution in [0.25, 0.3) is 11.4 Å². The number of aryl methyl sites for hydroxylation is 2. The molecule has 0 saturated carbocycles. The molecule has 10 heteroatoms. The third kappa shape index (κ3) is 3.40. The maximum Gasteiger partial charge on any atom is 0.280 e. The molecule has 1 atom stereocenters. The zero-order valence-corrected chi connectivity index (χ0v) is 23.8. The monoisotopic (exact) mass is 557 g/mol. The number of nitrogens with zero attached hydrogens (tertiary/aromatic N) is 4. The minimum Gasteiger partial charge on any atom is -0.494 e. The number of rotatable bonds is 5. The summed E-state index contributed by atoms with van der Waals surface area (Å²) in [6, 6.07) is 12.6. The Morgan fingerprint density at radius 2 is 1.80 bits per heavy atom. The fraction of sp³-hybridized carbons (Fsp3) is 0.267. The number of aromatic nitrogens is 3. The van der Waals surface area contributed by atoms with E-state index in [0.29, 0.717) is 50.7 Å². The van der Waals surface area contributed by atoms with Crippen LogP contribution >= 0.6 is 11.6 Å². The number of benzene rings is 2. The molecule has 2 aliphatic heterocycles. The van der Waals surface area contributed by atoms with E-state index in [0.717, 1.165) is 11.1 Å². The predicted octanol–water partition coefficient (Wildman–Crippen LogP) is 5.67. The number of hydrogen-bond acceptors (Lipinski definition) is 6. The maximum absolute atomic E-state index is 14.5. The quantitative estimate of drug-likeness (QED) is 0.339. The molecule has 0 fully saturated rings. The van der Waals surface area contributed by atoms with Crippen molar-refractivity contribution in [3.05, 3.63) is 81.8 Å². The molecule has 4 aromatic rings. The summed E-state index contributed by atoms with van der Waals surface area (Å²) in [5.41, 5.74) is 3.38. The minimum atomic E-state index is -1.52. The van der Waals surface area contributed by atoms with Gasteiger partial charge in [-0.1, -0.05) is 29.8 Å². The Balaban J connectivity index is 1.74. The predicted molar refractivity (Wildman–Crippen MR) is 153 cm³/mol. The van der Waals surface area contributed by atoms with Gasteiger partial charge in [0, 0.05) is 28.4 Å². The van der Waals surface area contributed by atoms with Crippen LogP contribution < -0.4 is 19.7 Å². The van der Waals surface area contributed by atoms with E-state index >= 15 is 0 Å². The van der Waals surface area contributed by atoms with Gasteiger partial charge in [0.15, 0.2) is 11.2 Å². The molecule has 1 unspecified atom stereocenters. The summed E-state index contributed by atoms with van der Waals surface area (Å²) < 4.78 is 13.0. The van der Waals surface area contributed by atoms with Gasteiger partial charge in [-0.25, -0.2) is 9.97 Å². The number of imidazole rings is 1. The van der Waals surface area contributed by atoms with Crippen LogP contribution in [0.2, 0.25) is 5.02 Å². The molecule has 2 aromatic heterocycles. The Kier molecular flexibility index (Phi) is 5.88. The fourth-order valence-corrected chi connectivity index (χ4v) is 6.01. The van der Waals surface area contributed by atoms with Crippen molar-refractivity contribution in [2.75, 3.05) is 24.4 Å². The highest BCUT2D eigenvalue weighted by Gasteiger charge is 2.64. The summed E-state index contributed by atoms with van der Waals surface area (Å²) in [6.07, 6.45) is 1.55. The van der Waals surface area contributed by atoms with E-state index in [1.807, 2.05) is 56.5 Å². The Hall–Kier alpha value is -4.37. The van der Waals surface area contributed by atoms with Crippen LogP contribution in [0.3, 0.4) is 0 Å². The number of amides is 2. The van der Waals surface area contributed by atoms with E-state index in [-0.39, 0.29) is 17.6 Å². The average Bonchev–Trinajstić information content (AvgIpc) is 3.53. The smallest absolute Gasteiger partial charge is 0.280 e. The number of carbonyl (C=O) groups is 2. The van der Waals surface area contributed by atoms with E-state index in [1.165, 1.54) is 7.11 Å². The highest BCUT2D eigenvalue weighted by Crippen LogP contribution is 2.55.